The third kappa shape index (κ3) is 4.66. The van der Waals surface area contributed by atoms with Gasteiger partial charge in [0.25, 0.3) is 0 Å². The van der Waals surface area contributed by atoms with Gasteiger partial charge in [0, 0.05) is 26.8 Å². The minimum Gasteiger partial charge on any atom is -0.395 e. The summed E-state index contributed by atoms with van der Waals surface area (Å²) >= 11 is 0. The molecule has 0 amide bonds. The second kappa shape index (κ2) is 7.49. The quantitative estimate of drug-likeness (QED) is 0.536. The summed E-state index contributed by atoms with van der Waals surface area (Å²) in [5, 5.41) is 12.0. The molecule has 0 fully saturated rings. The van der Waals surface area contributed by atoms with Gasteiger partial charge in [-0.05, 0) is 6.42 Å². The molecule has 4 nitrogen and oxygen atoms in total. The van der Waals surface area contributed by atoms with Gasteiger partial charge in [-0.1, -0.05) is 6.92 Å². The first kappa shape index (κ1) is 11.8. The number of aliphatic hydroxyl groups is 1. The third-order valence-electron chi connectivity index (χ3n) is 1.81. The van der Waals surface area contributed by atoms with E-state index in [9.17, 15) is 0 Å². The molecular weight excluding hydrogens is 158 g/mol. The molecule has 1 atom stereocenters. The average Bonchev–Trinajstić information content (AvgIpc) is 2.13. The van der Waals surface area contributed by atoms with Gasteiger partial charge in [0.2, 0.25) is 0 Å². The summed E-state index contributed by atoms with van der Waals surface area (Å²) in [6, 6.07) is 0.137. The van der Waals surface area contributed by atoms with Crippen LogP contribution in [0.4, 0.5) is 0 Å². The number of rotatable bonds is 7. The zero-order valence-electron chi connectivity index (χ0n) is 8.04. The smallest absolute Gasteiger partial charge is 0.169 e. The van der Waals surface area contributed by atoms with Crippen LogP contribution in [0.3, 0.4) is 0 Å². The van der Waals surface area contributed by atoms with Crippen molar-refractivity contribution in [1.29, 1.82) is 0 Å². The van der Waals surface area contributed by atoms with Crippen LogP contribution in [-0.4, -0.2) is 44.8 Å². The molecule has 0 aromatic rings. The molecule has 0 rings (SSSR count). The normalized spacial score (nSPS) is 13.8. The largest absolute Gasteiger partial charge is 0.395 e. The van der Waals surface area contributed by atoms with E-state index in [2.05, 4.69) is 5.32 Å². The highest BCUT2D eigenvalue weighted by Crippen LogP contribution is 1.92. The molecule has 0 aromatic heterocycles. The van der Waals surface area contributed by atoms with Crippen molar-refractivity contribution < 1.29 is 14.6 Å². The molecule has 2 N–H and O–H groups in total. The highest BCUT2D eigenvalue weighted by atomic mass is 16.7. The summed E-state index contributed by atoms with van der Waals surface area (Å²) in [5.41, 5.74) is 0. The molecule has 0 aliphatic heterocycles. The molecule has 0 radical (unpaired) electrons. The lowest BCUT2D eigenvalue weighted by Gasteiger charge is -2.18. The van der Waals surface area contributed by atoms with E-state index in [1.165, 1.54) is 0 Å². The Morgan fingerprint density at radius 3 is 2.25 bits per heavy atom. The zero-order chi connectivity index (χ0) is 9.40. The molecular formula is C8H19NO3. The van der Waals surface area contributed by atoms with Crippen molar-refractivity contribution in [1.82, 2.24) is 5.32 Å². The lowest BCUT2D eigenvalue weighted by atomic mass is 10.2. The Hall–Kier alpha value is -0.160. The summed E-state index contributed by atoms with van der Waals surface area (Å²) in [7, 11) is 3.19. The Labute approximate surface area is 73.9 Å². The van der Waals surface area contributed by atoms with E-state index in [0.717, 1.165) is 6.42 Å². The number of hydrogen-bond donors (Lipinski definition) is 2. The first-order valence-corrected chi connectivity index (χ1v) is 4.18. The van der Waals surface area contributed by atoms with Crippen LogP contribution in [0.2, 0.25) is 0 Å². The molecule has 12 heavy (non-hydrogen) atoms. The van der Waals surface area contributed by atoms with Crippen molar-refractivity contribution in [3.8, 4) is 0 Å². The maximum Gasteiger partial charge on any atom is 0.169 e. The van der Waals surface area contributed by atoms with Crippen LogP contribution in [0.1, 0.15) is 13.3 Å². The van der Waals surface area contributed by atoms with Crippen LogP contribution in [0.15, 0.2) is 0 Å². The fourth-order valence-corrected chi connectivity index (χ4v) is 0.864. The number of ether oxygens (including phenoxy) is 2. The summed E-state index contributed by atoms with van der Waals surface area (Å²) in [6.07, 6.45) is 0.669. The van der Waals surface area contributed by atoms with Gasteiger partial charge >= 0.3 is 0 Å². The SMILES string of the molecule is CC[C@H](CO)NCC(OC)OC. The third-order valence-corrected chi connectivity index (χ3v) is 1.81. The minimum atomic E-state index is -0.231. The molecule has 0 saturated heterocycles. The zero-order valence-corrected chi connectivity index (χ0v) is 8.04. The molecule has 0 bridgehead atoms. The van der Waals surface area contributed by atoms with Crippen molar-refractivity contribution in [2.75, 3.05) is 27.4 Å². The second-order valence-corrected chi connectivity index (χ2v) is 2.60. The lowest BCUT2D eigenvalue weighted by Crippen LogP contribution is -2.38. The number of nitrogens with one attached hydrogen (secondary N) is 1. The Balaban J connectivity index is 3.49. The molecule has 0 aliphatic rings. The van der Waals surface area contributed by atoms with Crippen LogP contribution in [-0.2, 0) is 9.47 Å². The fraction of sp³-hybridized carbons (Fsp3) is 1.00. The average molecular weight is 177 g/mol. The summed E-state index contributed by atoms with van der Waals surface area (Å²) in [5.74, 6) is 0. The van der Waals surface area contributed by atoms with Gasteiger partial charge in [-0.2, -0.15) is 0 Å². The molecule has 0 saturated carbocycles. The van der Waals surface area contributed by atoms with E-state index in [4.69, 9.17) is 14.6 Å². The van der Waals surface area contributed by atoms with Crippen LogP contribution < -0.4 is 5.32 Å². The number of aliphatic hydroxyl groups excluding tert-OH is 1. The monoisotopic (exact) mass is 177 g/mol. The predicted octanol–water partition coefficient (Wildman–Crippen LogP) is -0.0342. The van der Waals surface area contributed by atoms with Crippen molar-refractivity contribution in [2.45, 2.75) is 25.7 Å². The van der Waals surface area contributed by atoms with Crippen molar-refractivity contribution >= 4 is 0 Å². The standard InChI is InChI=1S/C8H19NO3/c1-4-7(6-10)9-5-8(11-2)12-3/h7-10H,4-6H2,1-3H3/t7-/m1/s1. The lowest BCUT2D eigenvalue weighted by molar-refractivity contribution is -0.100. The maximum absolute atomic E-state index is 8.84. The molecule has 4 heteroatoms. The highest BCUT2D eigenvalue weighted by Gasteiger charge is 2.08. The van der Waals surface area contributed by atoms with Crippen LogP contribution in [0, 0.1) is 0 Å². The second-order valence-electron chi connectivity index (χ2n) is 2.60. The van der Waals surface area contributed by atoms with E-state index in [-0.39, 0.29) is 18.9 Å². The summed E-state index contributed by atoms with van der Waals surface area (Å²) < 4.78 is 9.95. The van der Waals surface area contributed by atoms with Gasteiger partial charge in [-0.15, -0.1) is 0 Å². The van der Waals surface area contributed by atoms with Crippen molar-refractivity contribution in [2.24, 2.45) is 0 Å². The van der Waals surface area contributed by atoms with Gasteiger partial charge < -0.3 is 19.9 Å². The fourth-order valence-electron chi connectivity index (χ4n) is 0.864. The van der Waals surface area contributed by atoms with Crippen LogP contribution in [0.5, 0.6) is 0 Å². The van der Waals surface area contributed by atoms with E-state index in [1.807, 2.05) is 6.92 Å². The topological polar surface area (TPSA) is 50.7 Å². The number of methoxy groups -OCH3 is 2. The van der Waals surface area contributed by atoms with Gasteiger partial charge in [-0.3, -0.25) is 0 Å². The van der Waals surface area contributed by atoms with E-state index < -0.39 is 0 Å². The van der Waals surface area contributed by atoms with Gasteiger partial charge in [0.05, 0.1) is 6.61 Å². The van der Waals surface area contributed by atoms with Crippen LogP contribution in [0.25, 0.3) is 0 Å². The van der Waals surface area contributed by atoms with Crippen LogP contribution >= 0.6 is 0 Å². The summed E-state index contributed by atoms with van der Waals surface area (Å²) in [6.45, 7) is 2.77. The molecule has 74 valence electrons. The molecule has 0 heterocycles. The van der Waals surface area contributed by atoms with E-state index in [1.54, 1.807) is 14.2 Å². The molecule has 0 spiro atoms. The minimum absolute atomic E-state index is 0.137. The Bertz CT molecular complexity index is 80.3. The van der Waals surface area contributed by atoms with Crippen molar-refractivity contribution in [3.63, 3.8) is 0 Å². The van der Waals surface area contributed by atoms with Gasteiger partial charge in [-0.25, -0.2) is 0 Å². The first-order chi connectivity index (χ1) is 5.78. The van der Waals surface area contributed by atoms with E-state index >= 15 is 0 Å². The van der Waals surface area contributed by atoms with Gasteiger partial charge in [0.1, 0.15) is 0 Å². The number of hydrogen-bond acceptors (Lipinski definition) is 4. The molecule has 0 unspecified atom stereocenters. The molecule has 0 aromatic carbocycles. The predicted molar refractivity (Wildman–Crippen MR) is 47.0 cm³/mol. The Kier molecular flexibility index (Phi) is 7.39. The summed E-state index contributed by atoms with van der Waals surface area (Å²) in [4.78, 5) is 0. The Morgan fingerprint density at radius 1 is 1.33 bits per heavy atom. The maximum atomic E-state index is 8.84. The van der Waals surface area contributed by atoms with Crippen molar-refractivity contribution in [3.05, 3.63) is 0 Å². The first-order valence-electron chi connectivity index (χ1n) is 4.18. The Morgan fingerprint density at radius 2 is 1.92 bits per heavy atom. The van der Waals surface area contributed by atoms with E-state index in [0.29, 0.717) is 6.54 Å². The van der Waals surface area contributed by atoms with Gasteiger partial charge in [0.15, 0.2) is 6.29 Å². The molecule has 0 aliphatic carbocycles. The highest BCUT2D eigenvalue weighted by molar-refractivity contribution is 4.63.